The van der Waals surface area contributed by atoms with Gasteiger partial charge in [-0.3, -0.25) is 0 Å². The highest BCUT2D eigenvalue weighted by Crippen LogP contribution is 2.45. The molecule has 1 aromatic rings. The molecule has 6 nitrogen and oxygen atoms in total. The summed E-state index contributed by atoms with van der Waals surface area (Å²) in [7, 11) is -5.00. The van der Waals surface area contributed by atoms with Gasteiger partial charge in [-0.25, -0.2) is 4.79 Å². The number of hydrogen-bond acceptors (Lipinski definition) is 5. The fourth-order valence-corrected chi connectivity index (χ4v) is 7.34. The average molecular weight is 617 g/mol. The number of carbonyl (C=O) groups is 1. The van der Waals surface area contributed by atoms with E-state index in [1.165, 1.54) is 0 Å². The van der Waals surface area contributed by atoms with E-state index in [1.54, 1.807) is 6.08 Å². The minimum absolute atomic E-state index is 0.0653. The molecule has 8 heteroatoms. The number of aliphatic hydroxyl groups excluding tert-OH is 1. The lowest BCUT2D eigenvalue weighted by molar-refractivity contribution is -0.191. The lowest BCUT2D eigenvalue weighted by atomic mass is 9.91. The predicted octanol–water partition coefficient (Wildman–Crippen LogP) is 8.71. The summed E-state index contributed by atoms with van der Waals surface area (Å²) < 4.78 is 19.0. The summed E-state index contributed by atoms with van der Waals surface area (Å²) in [5, 5.41) is 20.8. The molecule has 1 aromatic carbocycles. The maximum absolute atomic E-state index is 12.9. The minimum atomic E-state index is -2.50. The van der Waals surface area contributed by atoms with Crippen molar-refractivity contribution in [3.05, 3.63) is 60.4 Å². The highest BCUT2D eigenvalue weighted by Gasteiger charge is 2.54. The van der Waals surface area contributed by atoms with E-state index in [-0.39, 0.29) is 34.4 Å². The van der Waals surface area contributed by atoms with Crippen molar-refractivity contribution in [2.75, 3.05) is 6.61 Å². The Morgan fingerprint density at radius 3 is 2.05 bits per heavy atom. The molecule has 2 rings (SSSR count). The van der Waals surface area contributed by atoms with E-state index >= 15 is 0 Å². The summed E-state index contributed by atoms with van der Waals surface area (Å²) in [5.74, 6) is -1.60. The van der Waals surface area contributed by atoms with Crippen LogP contribution in [0.5, 0.6) is 5.75 Å². The number of allylic oxidation sites excluding steroid dienone is 1. The zero-order valence-corrected chi connectivity index (χ0v) is 29.7. The lowest BCUT2D eigenvalue weighted by Gasteiger charge is -2.48. The Kier molecular flexibility index (Phi) is 12.7. The molecule has 0 bridgehead atoms. The predicted molar refractivity (Wildman–Crippen MR) is 177 cm³/mol. The van der Waals surface area contributed by atoms with Crippen molar-refractivity contribution in [1.29, 1.82) is 0 Å². The summed E-state index contributed by atoms with van der Waals surface area (Å²) in [5.41, 5.74) is 3.21. The second-order valence-electron chi connectivity index (χ2n) is 14.6. The highest BCUT2D eigenvalue weighted by molar-refractivity contribution is 6.75. The topological polar surface area (TPSA) is 85.2 Å². The van der Waals surface area contributed by atoms with Gasteiger partial charge < -0.3 is 23.8 Å². The van der Waals surface area contributed by atoms with Crippen LogP contribution in [0.25, 0.3) is 0 Å². The van der Waals surface area contributed by atoms with Gasteiger partial charge in [-0.15, -0.1) is 5.73 Å². The van der Waals surface area contributed by atoms with E-state index in [1.807, 2.05) is 36.4 Å². The van der Waals surface area contributed by atoms with Crippen molar-refractivity contribution in [1.82, 2.24) is 0 Å². The Hall–Kier alpha value is -1.94. The number of carboxylic acid groups (broad SMARTS) is 1. The van der Waals surface area contributed by atoms with Gasteiger partial charge in [0.05, 0.1) is 12.7 Å². The van der Waals surface area contributed by atoms with E-state index in [9.17, 15) is 15.0 Å². The first-order chi connectivity index (χ1) is 19.3. The van der Waals surface area contributed by atoms with Crippen molar-refractivity contribution in [2.45, 2.75) is 122 Å². The van der Waals surface area contributed by atoms with Crippen LogP contribution < -0.4 is 4.74 Å². The molecule has 0 saturated heterocycles. The molecule has 0 spiro atoms. The molecule has 1 saturated carbocycles. The van der Waals surface area contributed by atoms with Crippen molar-refractivity contribution < 1.29 is 28.6 Å². The number of ether oxygens (including phenoxy) is 1. The first kappa shape index (κ1) is 36.3. The number of rotatable bonds is 14. The van der Waals surface area contributed by atoms with Gasteiger partial charge in [-0.05, 0) is 98.1 Å². The molecule has 236 valence electrons. The molecule has 0 aliphatic heterocycles. The number of aliphatic carboxylic acids is 1. The van der Waals surface area contributed by atoms with Gasteiger partial charge in [0.15, 0.2) is 16.6 Å². The number of benzene rings is 1. The molecule has 2 N–H and O–H groups in total. The fourth-order valence-electron chi connectivity index (χ4n) is 4.57. The molecule has 0 radical (unpaired) electrons. The van der Waals surface area contributed by atoms with Crippen LogP contribution >= 0.6 is 0 Å². The lowest BCUT2D eigenvalue weighted by Crippen LogP contribution is -2.60. The molecule has 0 unspecified atom stereocenters. The second-order valence-corrected chi connectivity index (χ2v) is 24.1. The van der Waals surface area contributed by atoms with Gasteiger partial charge in [0, 0.05) is 6.42 Å². The average Bonchev–Trinajstić information content (AvgIpc) is 3.21. The normalized spacial score (nSPS) is 20.4. The first-order valence-electron chi connectivity index (χ1n) is 15.4. The zero-order valence-electron chi connectivity index (χ0n) is 27.7. The zero-order chi connectivity index (χ0) is 31.8. The van der Waals surface area contributed by atoms with E-state index in [0.717, 1.165) is 25.0 Å². The summed E-state index contributed by atoms with van der Waals surface area (Å²) >= 11 is 0. The van der Waals surface area contributed by atoms with Gasteiger partial charge in [0.1, 0.15) is 5.75 Å². The van der Waals surface area contributed by atoms with E-state index in [2.05, 4.69) is 85.6 Å². The number of para-hydroxylation sites is 1. The van der Waals surface area contributed by atoms with Crippen LogP contribution in [0.4, 0.5) is 0 Å². The summed E-state index contributed by atoms with van der Waals surface area (Å²) in [6.45, 7) is 21.4. The molecule has 0 aromatic heterocycles. The summed E-state index contributed by atoms with van der Waals surface area (Å²) in [6, 6.07) is 9.79. The minimum Gasteiger partial charge on any atom is -0.493 e. The van der Waals surface area contributed by atoms with Crippen LogP contribution in [0.3, 0.4) is 0 Å². The van der Waals surface area contributed by atoms with Crippen molar-refractivity contribution in [3.63, 3.8) is 0 Å². The Morgan fingerprint density at radius 1 is 0.952 bits per heavy atom. The Morgan fingerprint density at radius 2 is 1.52 bits per heavy atom. The van der Waals surface area contributed by atoms with Crippen LogP contribution in [0.15, 0.2) is 60.4 Å². The summed E-state index contributed by atoms with van der Waals surface area (Å²) in [6.07, 6.45) is 10.9. The molecule has 42 heavy (non-hydrogen) atoms. The number of aliphatic hydroxyl groups is 1. The van der Waals surface area contributed by atoms with Gasteiger partial charge >= 0.3 is 5.97 Å². The van der Waals surface area contributed by atoms with E-state index in [0.29, 0.717) is 13.0 Å². The molecule has 3 atom stereocenters. The van der Waals surface area contributed by atoms with Gasteiger partial charge in [0.2, 0.25) is 0 Å². The molecular weight excluding hydrogens is 561 g/mol. The third-order valence-corrected chi connectivity index (χ3v) is 18.2. The third-order valence-electron chi connectivity index (χ3n) is 9.29. The number of hydrogen-bond donors (Lipinski definition) is 2. The van der Waals surface area contributed by atoms with Crippen molar-refractivity contribution >= 4 is 22.6 Å². The number of carboxylic acids is 1. The first-order valence-corrected chi connectivity index (χ1v) is 21.2. The Bertz CT molecular complexity index is 1060. The highest BCUT2D eigenvalue weighted by atomic mass is 28.4. The summed E-state index contributed by atoms with van der Waals surface area (Å²) in [4.78, 5) is 12.9. The third kappa shape index (κ3) is 10.1. The standard InChI is InChI=1S/C34H56O6Si2/c1-32(2,3)41(7,8)39-34(31(36)37,40-42(9,10)33(4,5)6)25-17-12-15-22-29-27(23-24-30(29)35)19-16-18-26-38-28-20-13-11-14-21-28/h11,13-17,19-21,27,29-30,35H,18,22-26H2,1-10H3,(H,36,37)/t12?,27-,29+,30-/m0/s1. The molecule has 1 aliphatic carbocycles. The maximum Gasteiger partial charge on any atom is 0.362 e. The van der Waals surface area contributed by atoms with Crippen LogP contribution in [0.1, 0.15) is 73.6 Å². The van der Waals surface area contributed by atoms with Crippen LogP contribution in [-0.4, -0.2) is 51.3 Å². The van der Waals surface area contributed by atoms with Gasteiger partial charge in [-0.1, -0.05) is 71.9 Å². The molecular formula is C34H56O6Si2. The Labute approximate surface area is 257 Å². The van der Waals surface area contributed by atoms with E-state index < -0.39 is 28.4 Å². The molecule has 1 aliphatic rings. The van der Waals surface area contributed by atoms with Crippen molar-refractivity contribution in [2.24, 2.45) is 11.8 Å². The van der Waals surface area contributed by atoms with Crippen molar-refractivity contribution in [3.8, 4) is 5.75 Å². The quantitative estimate of drug-likeness (QED) is 0.0715. The monoisotopic (exact) mass is 616 g/mol. The van der Waals surface area contributed by atoms with E-state index in [4.69, 9.17) is 13.6 Å². The van der Waals surface area contributed by atoms with Crippen LogP contribution in [0, 0.1) is 11.8 Å². The molecule has 0 heterocycles. The van der Waals surface area contributed by atoms with Gasteiger partial charge in [0.25, 0.3) is 5.79 Å². The SMILES string of the molecule is CC(C)(C)[Si](C)(C)OC(CC=C=CC[C@H]1[C@@H](O)CC[C@@H]1C=CCCOc1ccccc1)(O[Si](C)(C)C(C)(C)C)C(=O)O. The van der Waals surface area contributed by atoms with Crippen LogP contribution in [-0.2, 0) is 13.6 Å². The Balaban J connectivity index is 2.14. The second kappa shape index (κ2) is 14.7. The maximum atomic E-state index is 12.9. The molecule has 1 fully saturated rings. The largest absolute Gasteiger partial charge is 0.493 e. The van der Waals surface area contributed by atoms with Crippen LogP contribution in [0.2, 0.25) is 36.3 Å². The fraction of sp³-hybridized carbons (Fsp3) is 0.647. The molecule has 0 amide bonds. The smallest absolute Gasteiger partial charge is 0.362 e. The van der Waals surface area contributed by atoms with Gasteiger partial charge in [-0.2, -0.15) is 0 Å².